The fourth-order valence-corrected chi connectivity index (χ4v) is 5.75. The van der Waals surface area contributed by atoms with E-state index in [0.29, 0.717) is 18.9 Å². The number of hydrogen-bond donors (Lipinski definition) is 2. The van der Waals surface area contributed by atoms with Crippen LogP contribution >= 0.6 is 0 Å². The van der Waals surface area contributed by atoms with Crippen LogP contribution in [0.5, 0.6) is 0 Å². The Morgan fingerprint density at radius 2 is 1.93 bits per heavy atom. The smallest absolute Gasteiger partial charge is 0.243 e. The number of hydrogen-bond acceptors (Lipinski definition) is 5. The molecule has 10 heteroatoms. The van der Waals surface area contributed by atoms with Gasteiger partial charge in [-0.1, -0.05) is 12.1 Å². The number of sulfonamides is 1. The summed E-state index contributed by atoms with van der Waals surface area (Å²) in [6, 6.07) is 6.42. The molecule has 1 aromatic rings. The van der Waals surface area contributed by atoms with Gasteiger partial charge in [0, 0.05) is 32.7 Å². The zero-order valence-corrected chi connectivity index (χ0v) is 17.8. The molecule has 152 valence electrons. The van der Waals surface area contributed by atoms with E-state index in [1.165, 1.54) is 4.31 Å². The Morgan fingerprint density at radius 3 is 2.41 bits per heavy atom. The molecule has 1 saturated heterocycles. The number of aliphatic imine (C=N–C) groups is 1. The van der Waals surface area contributed by atoms with Crippen LogP contribution in [0.25, 0.3) is 0 Å². The second-order valence-corrected chi connectivity index (χ2v) is 11.2. The van der Waals surface area contributed by atoms with Crippen LogP contribution in [-0.4, -0.2) is 64.8 Å². The lowest BCUT2D eigenvalue weighted by Gasteiger charge is -2.21. The van der Waals surface area contributed by atoms with Crippen LogP contribution in [0.2, 0.25) is 0 Å². The van der Waals surface area contributed by atoms with Gasteiger partial charge in [-0.05, 0) is 38.0 Å². The van der Waals surface area contributed by atoms with Gasteiger partial charge in [0.15, 0.2) is 15.8 Å². The molecule has 8 nitrogen and oxygen atoms in total. The number of nitrogens with zero attached hydrogens (tertiary/aromatic N) is 2. The fraction of sp³-hybridized carbons (Fsp3) is 0.588. The van der Waals surface area contributed by atoms with Crippen molar-refractivity contribution in [2.24, 2.45) is 4.99 Å². The first-order valence-electron chi connectivity index (χ1n) is 8.80. The van der Waals surface area contributed by atoms with E-state index in [9.17, 15) is 16.8 Å². The van der Waals surface area contributed by atoms with E-state index in [0.717, 1.165) is 5.56 Å². The average Bonchev–Trinajstić information content (AvgIpc) is 2.96. The molecule has 27 heavy (non-hydrogen) atoms. The van der Waals surface area contributed by atoms with Gasteiger partial charge in [-0.2, -0.15) is 4.31 Å². The van der Waals surface area contributed by atoms with Crippen molar-refractivity contribution in [3.05, 3.63) is 29.8 Å². The van der Waals surface area contributed by atoms with Gasteiger partial charge in [-0.3, -0.25) is 4.99 Å². The summed E-state index contributed by atoms with van der Waals surface area (Å²) in [6.07, 6.45) is 0.568. The molecule has 0 aromatic heterocycles. The van der Waals surface area contributed by atoms with Crippen molar-refractivity contribution >= 4 is 25.8 Å². The highest BCUT2D eigenvalue weighted by Crippen LogP contribution is 2.17. The monoisotopic (exact) mass is 416 g/mol. The molecule has 0 amide bonds. The van der Waals surface area contributed by atoms with E-state index in [-0.39, 0.29) is 28.5 Å². The highest BCUT2D eigenvalue weighted by Gasteiger charge is 2.28. The van der Waals surface area contributed by atoms with Crippen LogP contribution in [-0.2, 0) is 26.4 Å². The molecule has 1 aliphatic heterocycles. The first-order chi connectivity index (χ1) is 12.5. The third-order valence-electron chi connectivity index (χ3n) is 4.58. The van der Waals surface area contributed by atoms with Crippen LogP contribution in [0.1, 0.15) is 25.8 Å². The standard InChI is InChI=1S/C17H28N4O4S2/c1-13(2)21(4)27(24,25)16-7-5-14(6-8-16)11-19-17(18-3)20-15-9-10-26(22,23)12-15/h5-8,13,15H,9-12H2,1-4H3,(H2,18,19,20). The Hall–Kier alpha value is -1.65. The van der Waals surface area contributed by atoms with Gasteiger partial charge in [0.25, 0.3) is 0 Å². The molecule has 0 radical (unpaired) electrons. The first-order valence-corrected chi connectivity index (χ1v) is 12.1. The summed E-state index contributed by atoms with van der Waals surface area (Å²) in [7, 11) is -3.27. The second-order valence-electron chi connectivity index (χ2n) is 6.93. The highest BCUT2D eigenvalue weighted by atomic mass is 32.2. The zero-order valence-electron chi connectivity index (χ0n) is 16.1. The summed E-state index contributed by atoms with van der Waals surface area (Å²) in [6.45, 7) is 4.09. The molecule has 0 aliphatic carbocycles. The highest BCUT2D eigenvalue weighted by molar-refractivity contribution is 7.91. The third-order valence-corrected chi connectivity index (χ3v) is 8.40. The van der Waals surface area contributed by atoms with E-state index in [4.69, 9.17) is 0 Å². The van der Waals surface area contributed by atoms with E-state index in [1.807, 2.05) is 13.8 Å². The molecule has 2 N–H and O–H groups in total. The minimum absolute atomic E-state index is 0.115. The predicted octanol–water partition coefficient (Wildman–Crippen LogP) is 0.568. The summed E-state index contributed by atoms with van der Waals surface area (Å²) in [4.78, 5) is 4.36. The minimum Gasteiger partial charge on any atom is -0.353 e. The molecule has 2 rings (SSSR count). The lowest BCUT2D eigenvalue weighted by atomic mass is 10.2. The lowest BCUT2D eigenvalue weighted by molar-refractivity contribution is 0.410. The molecule has 1 unspecified atom stereocenters. The van der Waals surface area contributed by atoms with Crippen molar-refractivity contribution in [2.75, 3.05) is 25.6 Å². The number of nitrogens with one attached hydrogen (secondary N) is 2. The van der Waals surface area contributed by atoms with Crippen LogP contribution in [0, 0.1) is 0 Å². The molecule has 0 spiro atoms. The minimum atomic E-state index is -3.50. The molecule has 1 heterocycles. The molecule has 1 aliphatic rings. The molecule has 0 bridgehead atoms. The zero-order chi connectivity index (χ0) is 20.2. The van der Waals surface area contributed by atoms with Crippen LogP contribution in [0.4, 0.5) is 0 Å². The van der Waals surface area contributed by atoms with Crippen LogP contribution < -0.4 is 10.6 Å². The van der Waals surface area contributed by atoms with Gasteiger partial charge in [0.05, 0.1) is 16.4 Å². The van der Waals surface area contributed by atoms with Crippen molar-refractivity contribution in [1.29, 1.82) is 0 Å². The van der Waals surface area contributed by atoms with Crippen molar-refractivity contribution < 1.29 is 16.8 Å². The maximum absolute atomic E-state index is 12.5. The number of guanidine groups is 1. The molecule has 0 saturated carbocycles. The lowest BCUT2D eigenvalue weighted by Crippen LogP contribution is -2.43. The van der Waals surface area contributed by atoms with Crippen molar-refractivity contribution in [1.82, 2.24) is 14.9 Å². The number of sulfone groups is 1. The largest absolute Gasteiger partial charge is 0.353 e. The Labute approximate surface area is 162 Å². The van der Waals surface area contributed by atoms with Crippen molar-refractivity contribution in [3.8, 4) is 0 Å². The molecular formula is C17H28N4O4S2. The summed E-state index contributed by atoms with van der Waals surface area (Å²) in [5, 5.41) is 6.24. The SMILES string of the molecule is CN=C(NCc1ccc(S(=O)(=O)N(C)C(C)C)cc1)NC1CCS(=O)(=O)C1. The van der Waals surface area contributed by atoms with E-state index < -0.39 is 19.9 Å². The van der Waals surface area contributed by atoms with Gasteiger partial charge in [-0.25, -0.2) is 16.8 Å². The summed E-state index contributed by atoms with van der Waals surface area (Å²) >= 11 is 0. The quantitative estimate of drug-likeness (QED) is 0.518. The normalized spacial score (nSPS) is 20.2. The van der Waals surface area contributed by atoms with Gasteiger partial charge < -0.3 is 10.6 Å². The van der Waals surface area contributed by atoms with E-state index in [1.54, 1.807) is 38.4 Å². The number of benzene rings is 1. The van der Waals surface area contributed by atoms with Crippen LogP contribution in [0.3, 0.4) is 0 Å². The molecule has 1 fully saturated rings. The van der Waals surface area contributed by atoms with Gasteiger partial charge in [0.1, 0.15) is 0 Å². The molecule has 1 atom stereocenters. The van der Waals surface area contributed by atoms with Crippen molar-refractivity contribution in [3.63, 3.8) is 0 Å². The average molecular weight is 417 g/mol. The second kappa shape index (κ2) is 8.57. The Kier molecular flexibility index (Phi) is 6.87. The topological polar surface area (TPSA) is 108 Å². The van der Waals surface area contributed by atoms with Gasteiger partial charge >= 0.3 is 0 Å². The first kappa shape index (κ1) is 21.6. The van der Waals surface area contributed by atoms with E-state index in [2.05, 4.69) is 15.6 Å². The number of rotatable bonds is 6. The summed E-state index contributed by atoms with van der Waals surface area (Å²) in [5.74, 6) is 0.833. The van der Waals surface area contributed by atoms with Crippen molar-refractivity contribution in [2.45, 2.75) is 43.8 Å². The molecular weight excluding hydrogens is 388 g/mol. The fourth-order valence-electron chi connectivity index (χ4n) is 2.71. The Bertz CT molecular complexity index is 878. The maximum Gasteiger partial charge on any atom is 0.243 e. The van der Waals surface area contributed by atoms with Crippen LogP contribution in [0.15, 0.2) is 34.2 Å². The Morgan fingerprint density at radius 1 is 1.30 bits per heavy atom. The Balaban J connectivity index is 1.96. The van der Waals surface area contributed by atoms with E-state index >= 15 is 0 Å². The maximum atomic E-state index is 12.5. The van der Waals surface area contributed by atoms with Gasteiger partial charge in [-0.15, -0.1) is 0 Å². The molecule has 1 aromatic carbocycles. The predicted molar refractivity (Wildman–Crippen MR) is 107 cm³/mol. The summed E-state index contributed by atoms with van der Waals surface area (Å²) in [5.41, 5.74) is 0.892. The summed E-state index contributed by atoms with van der Waals surface area (Å²) < 4.78 is 49.4. The van der Waals surface area contributed by atoms with Gasteiger partial charge in [0.2, 0.25) is 10.0 Å². The third kappa shape index (κ3) is 5.66.